The van der Waals surface area contributed by atoms with Crippen LogP contribution in [0.4, 0.5) is 9.18 Å². The molecule has 0 saturated heterocycles. The summed E-state index contributed by atoms with van der Waals surface area (Å²) in [5, 5.41) is 20.2. The molecule has 1 amide bonds. The summed E-state index contributed by atoms with van der Waals surface area (Å²) >= 11 is 0. The Labute approximate surface area is 222 Å². The fourth-order valence-corrected chi connectivity index (χ4v) is 5.35. The number of halogens is 1. The van der Waals surface area contributed by atoms with Gasteiger partial charge in [-0.3, -0.25) is 0 Å². The molecule has 8 nitrogen and oxygen atoms in total. The van der Waals surface area contributed by atoms with Crippen LogP contribution in [0.2, 0.25) is 0 Å². The highest BCUT2D eigenvalue weighted by Gasteiger charge is 2.50. The van der Waals surface area contributed by atoms with Gasteiger partial charge in [0.15, 0.2) is 0 Å². The van der Waals surface area contributed by atoms with Crippen LogP contribution < -0.4 is 15.8 Å². The molecule has 1 aliphatic carbocycles. The van der Waals surface area contributed by atoms with Crippen molar-refractivity contribution in [1.29, 1.82) is 5.26 Å². The van der Waals surface area contributed by atoms with Crippen LogP contribution >= 0.6 is 0 Å². The van der Waals surface area contributed by atoms with Crippen molar-refractivity contribution in [2.24, 2.45) is 17.6 Å². The number of alkyl halides is 1. The number of amides is 1. The molecule has 2 heterocycles. The van der Waals surface area contributed by atoms with Crippen LogP contribution in [0.3, 0.4) is 0 Å². The van der Waals surface area contributed by atoms with Gasteiger partial charge < -0.3 is 20.5 Å². The predicted octanol–water partition coefficient (Wildman–Crippen LogP) is 4.87. The molecular formula is C29H34FN5O3. The van der Waals surface area contributed by atoms with Crippen LogP contribution in [0.15, 0.2) is 29.7 Å². The summed E-state index contributed by atoms with van der Waals surface area (Å²) in [4.78, 5) is 12.0. The number of hydrogen-bond donors (Lipinski definition) is 3. The molecule has 0 radical (unpaired) electrons. The number of rotatable bonds is 4. The first-order valence-corrected chi connectivity index (χ1v) is 12.7. The van der Waals surface area contributed by atoms with Crippen molar-refractivity contribution in [1.82, 2.24) is 15.5 Å². The molecule has 0 bridgehead atoms. The minimum absolute atomic E-state index is 0.00590. The van der Waals surface area contributed by atoms with Crippen molar-refractivity contribution in [2.45, 2.75) is 78.1 Å². The first kappa shape index (κ1) is 27.1. The van der Waals surface area contributed by atoms with E-state index in [4.69, 9.17) is 15.2 Å². The lowest BCUT2D eigenvalue weighted by Crippen LogP contribution is -2.45. The van der Waals surface area contributed by atoms with Crippen molar-refractivity contribution in [3.63, 3.8) is 0 Å². The molecule has 4 rings (SSSR count). The molecule has 1 unspecified atom stereocenters. The predicted molar refractivity (Wildman–Crippen MR) is 140 cm³/mol. The Bertz CT molecular complexity index is 1380. The van der Waals surface area contributed by atoms with E-state index in [1.807, 2.05) is 47.6 Å². The number of benzene rings is 1. The number of hydrogen-bond acceptors (Lipinski definition) is 6. The Kier molecular flexibility index (Phi) is 7.16. The zero-order valence-corrected chi connectivity index (χ0v) is 22.7. The van der Waals surface area contributed by atoms with Gasteiger partial charge in [-0.25, -0.2) is 14.3 Å². The third-order valence-corrected chi connectivity index (χ3v) is 7.02. The van der Waals surface area contributed by atoms with Crippen molar-refractivity contribution in [3.8, 4) is 23.8 Å². The van der Waals surface area contributed by atoms with Crippen LogP contribution in [-0.2, 0) is 16.8 Å². The van der Waals surface area contributed by atoms with Gasteiger partial charge in [0.2, 0.25) is 11.8 Å². The number of fused-ring (bicyclic) bond motifs is 1. The van der Waals surface area contributed by atoms with E-state index in [0.29, 0.717) is 46.7 Å². The van der Waals surface area contributed by atoms with Gasteiger partial charge in [0, 0.05) is 17.5 Å². The summed E-state index contributed by atoms with van der Waals surface area (Å²) in [6.45, 7) is 10.6. The summed E-state index contributed by atoms with van der Waals surface area (Å²) in [6.07, 6.45) is 0.994. The van der Waals surface area contributed by atoms with E-state index in [0.717, 1.165) is 0 Å². The standard InChI is InChI=1S/C29H34FN5O3/c1-16(2)29(23(15-31)25(32)37-26-24(29)17(3)34-35-26)21-10-18(9-20(11-21)14-30)7-8-19-12-22(13-19)33-27(36)38-28(4,5)6/h9-11,16,19,22H,12-14,32H2,1-6H3,(H,33,36)(H,34,35)/t19-,22+,29?. The second kappa shape index (κ2) is 10.1. The van der Waals surface area contributed by atoms with Gasteiger partial charge in [-0.05, 0) is 69.7 Å². The number of H-pyrrole nitrogens is 1. The van der Waals surface area contributed by atoms with E-state index in [1.54, 1.807) is 12.1 Å². The summed E-state index contributed by atoms with van der Waals surface area (Å²) in [6, 6.07) is 7.65. The topological polar surface area (TPSA) is 126 Å². The van der Waals surface area contributed by atoms with Crippen molar-refractivity contribution in [2.75, 3.05) is 0 Å². The highest BCUT2D eigenvalue weighted by Crippen LogP contribution is 2.52. The van der Waals surface area contributed by atoms with Gasteiger partial charge in [0.25, 0.3) is 0 Å². The molecule has 1 aromatic heterocycles. The number of alkyl carbamates (subject to hydrolysis) is 1. The SMILES string of the molecule is Cc1n[nH]c2c1C(c1cc(C#C[C@H]3C[C@@H](NC(=O)OC(C)(C)C)C3)cc(CF)c1)(C(C)C)C(C#N)=C(N)O2. The second-order valence-electron chi connectivity index (χ2n) is 11.3. The molecule has 38 heavy (non-hydrogen) atoms. The van der Waals surface area contributed by atoms with E-state index in [1.165, 1.54) is 0 Å². The number of ether oxygens (including phenoxy) is 2. The summed E-state index contributed by atoms with van der Waals surface area (Å²) in [5.74, 6) is 6.79. The van der Waals surface area contributed by atoms with Gasteiger partial charge >= 0.3 is 6.09 Å². The second-order valence-corrected chi connectivity index (χ2v) is 11.3. The first-order valence-electron chi connectivity index (χ1n) is 12.7. The highest BCUT2D eigenvalue weighted by atomic mass is 19.1. The van der Waals surface area contributed by atoms with Gasteiger partial charge in [-0.2, -0.15) is 10.4 Å². The maximum absolute atomic E-state index is 14.1. The number of aromatic nitrogens is 2. The molecule has 2 aromatic rings. The largest absolute Gasteiger partial charge is 0.444 e. The molecule has 1 aliphatic heterocycles. The molecule has 1 saturated carbocycles. The van der Waals surface area contributed by atoms with Gasteiger partial charge in [-0.1, -0.05) is 31.8 Å². The quantitative estimate of drug-likeness (QED) is 0.495. The van der Waals surface area contributed by atoms with E-state index < -0.39 is 23.8 Å². The smallest absolute Gasteiger partial charge is 0.407 e. The fraction of sp³-hybridized carbons (Fsp3) is 0.483. The van der Waals surface area contributed by atoms with Crippen LogP contribution in [0.1, 0.15) is 75.4 Å². The summed E-state index contributed by atoms with van der Waals surface area (Å²) in [7, 11) is 0. The van der Waals surface area contributed by atoms with Crippen LogP contribution in [0.25, 0.3) is 0 Å². The van der Waals surface area contributed by atoms with Gasteiger partial charge in [0.05, 0.1) is 16.7 Å². The molecule has 9 heteroatoms. The van der Waals surface area contributed by atoms with E-state index >= 15 is 0 Å². The Hall–Kier alpha value is -3.98. The zero-order chi connectivity index (χ0) is 27.8. The number of aromatic amines is 1. The summed E-state index contributed by atoms with van der Waals surface area (Å²) < 4.78 is 25.1. The number of nitrogens with two attached hydrogens (primary N) is 1. The minimum Gasteiger partial charge on any atom is -0.444 e. The Morgan fingerprint density at radius 3 is 2.68 bits per heavy atom. The molecule has 1 atom stereocenters. The van der Waals surface area contributed by atoms with Crippen molar-refractivity contribution < 1.29 is 18.7 Å². The fourth-order valence-electron chi connectivity index (χ4n) is 5.35. The Balaban J connectivity index is 1.67. The van der Waals surface area contributed by atoms with E-state index in [2.05, 4.69) is 33.4 Å². The lowest BCUT2D eigenvalue weighted by atomic mass is 9.61. The van der Waals surface area contributed by atoms with Crippen LogP contribution in [-0.4, -0.2) is 27.9 Å². The Morgan fingerprint density at radius 1 is 1.37 bits per heavy atom. The van der Waals surface area contributed by atoms with Gasteiger partial charge in [-0.15, -0.1) is 0 Å². The number of nitrogens with one attached hydrogen (secondary N) is 2. The third kappa shape index (κ3) is 4.93. The number of nitrogens with zero attached hydrogens (tertiary/aromatic N) is 2. The lowest BCUT2D eigenvalue weighted by molar-refractivity contribution is 0.0467. The monoisotopic (exact) mass is 519 g/mol. The minimum atomic E-state index is -0.996. The molecule has 0 spiro atoms. The highest BCUT2D eigenvalue weighted by molar-refractivity contribution is 5.68. The van der Waals surface area contributed by atoms with Crippen LogP contribution in [0, 0.1) is 41.9 Å². The zero-order valence-electron chi connectivity index (χ0n) is 22.7. The van der Waals surface area contributed by atoms with Gasteiger partial charge in [0.1, 0.15) is 23.9 Å². The number of nitriles is 1. The average molecular weight is 520 g/mol. The van der Waals surface area contributed by atoms with E-state index in [9.17, 15) is 14.4 Å². The molecule has 1 aromatic carbocycles. The van der Waals surface area contributed by atoms with Crippen LogP contribution in [0.5, 0.6) is 5.88 Å². The maximum atomic E-state index is 14.1. The maximum Gasteiger partial charge on any atom is 0.407 e. The first-order chi connectivity index (χ1) is 17.9. The normalized spacial score (nSPS) is 22.4. The number of aryl methyl sites for hydroxylation is 1. The Morgan fingerprint density at radius 2 is 2.08 bits per heavy atom. The van der Waals surface area contributed by atoms with Crippen molar-refractivity contribution >= 4 is 6.09 Å². The molecule has 1 fully saturated rings. The summed E-state index contributed by atoms with van der Waals surface area (Å²) in [5.41, 5.74) is 8.12. The number of carbonyl (C=O) groups is 1. The molecule has 200 valence electrons. The van der Waals surface area contributed by atoms with Crippen molar-refractivity contribution in [3.05, 3.63) is 57.6 Å². The average Bonchev–Trinajstić information content (AvgIpc) is 3.17. The third-order valence-electron chi connectivity index (χ3n) is 7.02. The van der Waals surface area contributed by atoms with E-state index in [-0.39, 0.29) is 29.3 Å². The molecule has 2 aliphatic rings. The molecular weight excluding hydrogens is 485 g/mol. The molecule has 4 N–H and O–H groups in total. The lowest BCUT2D eigenvalue weighted by Gasteiger charge is -2.41. The number of allylic oxidation sites excluding steroid dienone is 1. The number of carbonyl (C=O) groups excluding carboxylic acids is 1.